The summed E-state index contributed by atoms with van der Waals surface area (Å²) >= 11 is 0. The minimum atomic E-state index is -0.926. The Kier molecular flexibility index (Phi) is 7.38. The van der Waals surface area contributed by atoms with Gasteiger partial charge < -0.3 is 9.47 Å². The molecule has 0 radical (unpaired) electrons. The quantitative estimate of drug-likeness (QED) is 0.260. The number of hydroxylamine groups is 1. The maximum Gasteiger partial charge on any atom is 0.266 e. The van der Waals surface area contributed by atoms with Crippen LogP contribution in [0.1, 0.15) is 49.4 Å². The first-order valence-corrected chi connectivity index (χ1v) is 13.3. The predicted molar refractivity (Wildman–Crippen MR) is 146 cm³/mol. The number of aryl methyl sites for hydroxylation is 2. The van der Waals surface area contributed by atoms with Crippen LogP contribution in [-0.4, -0.2) is 31.1 Å². The monoisotopic (exact) mass is 514 g/mol. The average molecular weight is 515 g/mol. The molecule has 2 fully saturated rings. The number of ether oxygens (including phenoxy) is 2. The van der Waals surface area contributed by atoms with Gasteiger partial charge in [0.1, 0.15) is 5.92 Å². The van der Waals surface area contributed by atoms with Gasteiger partial charge in [0.15, 0.2) is 17.6 Å². The van der Waals surface area contributed by atoms with Crippen molar-refractivity contribution in [3.8, 4) is 11.5 Å². The van der Waals surface area contributed by atoms with E-state index in [-0.39, 0.29) is 11.8 Å². The third kappa shape index (κ3) is 4.63. The third-order valence-corrected chi connectivity index (χ3v) is 7.08. The lowest BCUT2D eigenvalue weighted by Crippen LogP contribution is -2.37. The Labute approximate surface area is 223 Å². The van der Waals surface area contributed by atoms with Gasteiger partial charge in [0.2, 0.25) is 5.91 Å². The van der Waals surface area contributed by atoms with Crippen molar-refractivity contribution >= 4 is 23.2 Å². The molecular weight excluding hydrogens is 480 g/mol. The minimum absolute atomic E-state index is 0.267. The van der Waals surface area contributed by atoms with Crippen LogP contribution in [0.25, 0.3) is 0 Å². The molecule has 0 aromatic heterocycles. The van der Waals surface area contributed by atoms with Gasteiger partial charge in [-0.25, -0.2) is 9.96 Å². The molecule has 3 aromatic rings. The van der Waals surface area contributed by atoms with Crippen molar-refractivity contribution in [3.05, 3.63) is 83.4 Å². The highest BCUT2D eigenvalue weighted by Gasteiger charge is 2.60. The van der Waals surface area contributed by atoms with Crippen LogP contribution in [0.5, 0.6) is 11.5 Å². The molecule has 2 aliphatic rings. The number of anilines is 2. The Hall–Kier alpha value is -3.84. The number of carbonyl (C=O) groups excluding carboxylic acids is 2. The second-order valence-electron chi connectivity index (χ2n) is 9.80. The second kappa shape index (κ2) is 10.9. The molecule has 2 amide bonds. The Morgan fingerprint density at radius 3 is 2.37 bits per heavy atom. The van der Waals surface area contributed by atoms with Crippen molar-refractivity contribution in [3.63, 3.8) is 0 Å². The molecular formula is C31H34N2O5. The molecule has 7 heteroatoms. The Morgan fingerprint density at radius 1 is 0.868 bits per heavy atom. The Morgan fingerprint density at radius 2 is 1.66 bits per heavy atom. The lowest BCUT2D eigenvalue weighted by molar-refractivity contribution is -0.126. The summed E-state index contributed by atoms with van der Waals surface area (Å²) in [5.41, 5.74) is 4.13. The van der Waals surface area contributed by atoms with Crippen LogP contribution in [-0.2, 0) is 14.4 Å². The SMILES string of the molecule is CCCCOc1ccc([C@H]2[C@@H]3C(=O)N(c4ccc(C)cc4C)C(=O)[C@H]3ON2c2ccccc2)cc1OCC. The van der Waals surface area contributed by atoms with E-state index in [0.29, 0.717) is 30.4 Å². The van der Waals surface area contributed by atoms with Crippen molar-refractivity contribution in [1.82, 2.24) is 0 Å². The zero-order valence-electron chi connectivity index (χ0n) is 22.3. The van der Waals surface area contributed by atoms with E-state index in [1.165, 1.54) is 4.90 Å². The molecule has 7 nitrogen and oxygen atoms in total. The zero-order chi connectivity index (χ0) is 26.8. The minimum Gasteiger partial charge on any atom is -0.490 e. The van der Waals surface area contributed by atoms with Crippen LogP contribution in [0, 0.1) is 19.8 Å². The van der Waals surface area contributed by atoms with E-state index < -0.39 is 18.1 Å². The van der Waals surface area contributed by atoms with E-state index in [0.717, 1.165) is 35.2 Å². The smallest absolute Gasteiger partial charge is 0.266 e. The van der Waals surface area contributed by atoms with Gasteiger partial charge in [-0.1, -0.05) is 55.3 Å². The normalized spacial score (nSPS) is 20.7. The van der Waals surface area contributed by atoms with Crippen LogP contribution in [0.4, 0.5) is 11.4 Å². The number of carbonyl (C=O) groups is 2. The van der Waals surface area contributed by atoms with Crippen molar-refractivity contribution in [1.29, 1.82) is 0 Å². The Bertz CT molecular complexity index is 1330. The third-order valence-electron chi connectivity index (χ3n) is 7.08. The molecule has 0 aliphatic carbocycles. The molecule has 5 rings (SSSR count). The first-order valence-electron chi connectivity index (χ1n) is 13.3. The standard InChI is InChI=1S/C31H34N2O5/c1-5-7-17-37-25-16-14-22(19-26(25)36-6-2)28-27-29(38-33(28)23-11-9-8-10-12-23)31(35)32(30(27)34)24-15-13-20(3)18-21(24)4/h8-16,18-19,27-29H,5-7,17H2,1-4H3/t27-,28-,29-/m0/s1. The van der Waals surface area contributed by atoms with E-state index in [4.69, 9.17) is 14.3 Å². The van der Waals surface area contributed by atoms with Gasteiger partial charge in [0, 0.05) is 0 Å². The summed E-state index contributed by atoms with van der Waals surface area (Å²) in [4.78, 5) is 35.2. The average Bonchev–Trinajstić information content (AvgIpc) is 3.42. The molecule has 0 N–H and O–H groups in total. The molecule has 3 aromatic carbocycles. The Balaban J connectivity index is 1.56. The molecule has 38 heavy (non-hydrogen) atoms. The van der Waals surface area contributed by atoms with Crippen molar-refractivity contribution in [2.45, 2.75) is 52.7 Å². The highest BCUT2D eigenvalue weighted by Crippen LogP contribution is 2.49. The molecule has 0 bridgehead atoms. The van der Waals surface area contributed by atoms with Gasteiger partial charge in [-0.05, 0) is 68.7 Å². The van der Waals surface area contributed by atoms with Crippen LogP contribution >= 0.6 is 0 Å². The molecule has 2 aliphatic heterocycles. The van der Waals surface area contributed by atoms with E-state index in [1.807, 2.05) is 87.5 Å². The van der Waals surface area contributed by atoms with Crippen molar-refractivity contribution < 1.29 is 23.9 Å². The van der Waals surface area contributed by atoms with Gasteiger partial charge in [-0.2, -0.15) is 0 Å². The highest BCUT2D eigenvalue weighted by atomic mass is 16.7. The summed E-state index contributed by atoms with van der Waals surface area (Å²) in [7, 11) is 0. The van der Waals surface area contributed by atoms with E-state index >= 15 is 0 Å². The van der Waals surface area contributed by atoms with Gasteiger partial charge in [0.05, 0.1) is 30.6 Å². The fourth-order valence-electron chi connectivity index (χ4n) is 5.27. The number of imide groups is 1. The van der Waals surface area contributed by atoms with Crippen LogP contribution in [0.2, 0.25) is 0 Å². The summed E-state index contributed by atoms with van der Waals surface area (Å²) in [5, 5.41) is 1.70. The van der Waals surface area contributed by atoms with Crippen molar-refractivity contribution in [2.75, 3.05) is 23.2 Å². The van der Waals surface area contributed by atoms with Gasteiger partial charge in [0.25, 0.3) is 5.91 Å². The fraction of sp³-hybridized carbons (Fsp3) is 0.355. The van der Waals surface area contributed by atoms with Crippen LogP contribution < -0.4 is 19.4 Å². The summed E-state index contributed by atoms with van der Waals surface area (Å²) in [5.74, 6) is -0.0571. The van der Waals surface area contributed by atoms with Crippen LogP contribution in [0.3, 0.4) is 0 Å². The summed E-state index contributed by atoms with van der Waals surface area (Å²) in [6.45, 7) is 9.02. The lowest BCUT2D eigenvalue weighted by atomic mass is 9.90. The fourth-order valence-corrected chi connectivity index (χ4v) is 5.27. The molecule has 0 spiro atoms. The number of fused-ring (bicyclic) bond motifs is 1. The van der Waals surface area contributed by atoms with Crippen LogP contribution in [0.15, 0.2) is 66.7 Å². The second-order valence-corrected chi connectivity index (χ2v) is 9.80. The number of rotatable bonds is 9. The van der Waals surface area contributed by atoms with E-state index in [9.17, 15) is 9.59 Å². The number of para-hydroxylation sites is 1. The lowest BCUT2D eigenvalue weighted by Gasteiger charge is -2.29. The highest BCUT2D eigenvalue weighted by molar-refractivity contribution is 6.24. The number of unbranched alkanes of at least 4 members (excludes halogenated alkanes) is 1. The number of hydrogen-bond acceptors (Lipinski definition) is 6. The number of benzene rings is 3. The summed E-state index contributed by atoms with van der Waals surface area (Å²) in [6, 6.07) is 20.5. The van der Waals surface area contributed by atoms with Gasteiger partial charge >= 0.3 is 0 Å². The molecule has 0 saturated carbocycles. The summed E-state index contributed by atoms with van der Waals surface area (Å²) in [6.07, 6.45) is 1.05. The number of hydrogen-bond donors (Lipinski definition) is 0. The first kappa shape index (κ1) is 25.8. The van der Waals surface area contributed by atoms with Crippen molar-refractivity contribution in [2.24, 2.45) is 5.92 Å². The zero-order valence-corrected chi connectivity index (χ0v) is 22.3. The first-order chi connectivity index (χ1) is 18.4. The number of nitrogens with zero attached hydrogens (tertiary/aromatic N) is 2. The molecule has 198 valence electrons. The summed E-state index contributed by atoms with van der Waals surface area (Å²) < 4.78 is 11.9. The van der Waals surface area contributed by atoms with E-state index in [2.05, 4.69) is 6.92 Å². The van der Waals surface area contributed by atoms with E-state index in [1.54, 1.807) is 5.06 Å². The maximum atomic E-state index is 14.0. The molecule has 2 saturated heterocycles. The van der Waals surface area contributed by atoms with Gasteiger partial charge in [-0.3, -0.25) is 14.4 Å². The molecule has 0 unspecified atom stereocenters. The number of amides is 2. The van der Waals surface area contributed by atoms with Gasteiger partial charge in [-0.15, -0.1) is 0 Å². The molecule has 3 atom stereocenters. The largest absolute Gasteiger partial charge is 0.490 e. The predicted octanol–water partition coefficient (Wildman–Crippen LogP) is 5.93. The topological polar surface area (TPSA) is 68.3 Å². The molecule has 2 heterocycles. The maximum absolute atomic E-state index is 14.0.